The molecule has 5 nitrogen and oxygen atoms in total. The normalized spacial score (nSPS) is 13.7. The summed E-state index contributed by atoms with van der Waals surface area (Å²) in [5.41, 5.74) is 0.416. The van der Waals surface area contributed by atoms with Crippen LogP contribution < -0.4 is 10.6 Å². The summed E-state index contributed by atoms with van der Waals surface area (Å²) in [6, 6.07) is 3.42. The second kappa shape index (κ2) is 8.81. The van der Waals surface area contributed by atoms with Crippen LogP contribution in [0.25, 0.3) is 0 Å². The molecule has 0 saturated heterocycles. The van der Waals surface area contributed by atoms with Gasteiger partial charge in [0.2, 0.25) is 0 Å². The number of halogens is 2. The van der Waals surface area contributed by atoms with Crippen molar-refractivity contribution in [2.24, 2.45) is 4.99 Å². The van der Waals surface area contributed by atoms with E-state index in [4.69, 9.17) is 0 Å². The van der Waals surface area contributed by atoms with E-state index < -0.39 is 21.5 Å². The molecule has 1 atom stereocenters. The summed E-state index contributed by atoms with van der Waals surface area (Å²) in [5, 5.41) is 6.09. The van der Waals surface area contributed by atoms with Gasteiger partial charge in [-0.3, -0.25) is 4.99 Å². The molecule has 0 amide bonds. The van der Waals surface area contributed by atoms with Crippen LogP contribution in [0.1, 0.15) is 18.9 Å². The van der Waals surface area contributed by atoms with E-state index in [0.717, 1.165) is 6.07 Å². The summed E-state index contributed by atoms with van der Waals surface area (Å²) in [5.74, 6) is -0.569. The third-order valence-corrected chi connectivity index (χ3v) is 4.21. The van der Waals surface area contributed by atoms with Crippen LogP contribution in [-0.2, 0) is 16.3 Å². The van der Waals surface area contributed by atoms with Crippen molar-refractivity contribution in [3.05, 3.63) is 35.4 Å². The Hall–Kier alpha value is -1.70. The van der Waals surface area contributed by atoms with Crippen molar-refractivity contribution in [2.75, 3.05) is 25.6 Å². The van der Waals surface area contributed by atoms with Crippen molar-refractivity contribution in [1.82, 2.24) is 10.6 Å². The van der Waals surface area contributed by atoms with Gasteiger partial charge in [-0.25, -0.2) is 17.2 Å². The molecular weight excluding hydrogens is 324 g/mol. The van der Waals surface area contributed by atoms with Crippen LogP contribution in [-0.4, -0.2) is 46.0 Å². The summed E-state index contributed by atoms with van der Waals surface area (Å²) in [6.45, 7) is 2.28. The van der Waals surface area contributed by atoms with Gasteiger partial charge in [0.05, 0.1) is 5.75 Å². The minimum atomic E-state index is -3.00. The Labute approximate surface area is 136 Å². The van der Waals surface area contributed by atoms with Crippen molar-refractivity contribution in [1.29, 1.82) is 0 Å². The maximum Gasteiger partial charge on any atom is 0.191 e. The van der Waals surface area contributed by atoms with Crippen molar-refractivity contribution in [3.63, 3.8) is 0 Å². The molecule has 1 aromatic rings. The van der Waals surface area contributed by atoms with Gasteiger partial charge in [-0.15, -0.1) is 0 Å². The van der Waals surface area contributed by atoms with Crippen molar-refractivity contribution in [2.45, 2.75) is 25.8 Å². The zero-order chi connectivity index (χ0) is 17.5. The van der Waals surface area contributed by atoms with Crippen molar-refractivity contribution < 1.29 is 17.2 Å². The highest BCUT2D eigenvalue weighted by Gasteiger charge is 2.10. The molecule has 0 spiro atoms. The first kappa shape index (κ1) is 19.3. The van der Waals surface area contributed by atoms with Gasteiger partial charge < -0.3 is 10.6 Å². The average Bonchev–Trinajstić information content (AvgIpc) is 2.45. The van der Waals surface area contributed by atoms with Crippen LogP contribution in [0, 0.1) is 11.6 Å². The summed E-state index contributed by atoms with van der Waals surface area (Å²) in [7, 11) is -1.40. The molecule has 0 aromatic heterocycles. The monoisotopic (exact) mass is 347 g/mol. The van der Waals surface area contributed by atoms with Gasteiger partial charge in [0, 0.05) is 32.0 Å². The Morgan fingerprint density at radius 1 is 1.35 bits per heavy atom. The lowest BCUT2D eigenvalue weighted by atomic mass is 10.1. The van der Waals surface area contributed by atoms with E-state index in [9.17, 15) is 17.2 Å². The molecule has 1 aromatic carbocycles. The van der Waals surface area contributed by atoms with Gasteiger partial charge in [0.1, 0.15) is 21.5 Å². The van der Waals surface area contributed by atoms with Crippen molar-refractivity contribution >= 4 is 15.8 Å². The second-order valence-corrected chi connectivity index (χ2v) is 7.71. The van der Waals surface area contributed by atoms with Gasteiger partial charge >= 0.3 is 0 Å². The number of hydrogen-bond donors (Lipinski definition) is 2. The largest absolute Gasteiger partial charge is 0.356 e. The number of benzene rings is 1. The molecule has 0 heterocycles. The molecule has 0 radical (unpaired) electrons. The Bertz CT molecular complexity index is 648. The number of aliphatic imine (C=N–C) groups is 1. The third-order valence-electron chi connectivity index (χ3n) is 3.23. The molecule has 0 bridgehead atoms. The highest BCUT2D eigenvalue weighted by atomic mass is 32.2. The first-order valence-electron chi connectivity index (χ1n) is 7.30. The Morgan fingerprint density at radius 2 is 2.04 bits per heavy atom. The molecule has 0 aliphatic carbocycles. The van der Waals surface area contributed by atoms with E-state index in [1.807, 2.05) is 6.92 Å². The Balaban J connectivity index is 2.42. The van der Waals surface area contributed by atoms with Crippen LogP contribution in [0.3, 0.4) is 0 Å². The van der Waals surface area contributed by atoms with Crippen LogP contribution >= 0.6 is 0 Å². The predicted octanol–water partition coefficient (Wildman–Crippen LogP) is 1.50. The van der Waals surface area contributed by atoms with Gasteiger partial charge in [-0.2, -0.15) is 0 Å². The molecular formula is C15H23F2N3O2S. The molecule has 130 valence electrons. The zero-order valence-corrected chi connectivity index (χ0v) is 14.4. The fourth-order valence-electron chi connectivity index (χ4n) is 1.93. The van der Waals surface area contributed by atoms with Crippen LogP contribution in [0.5, 0.6) is 0 Å². The lowest BCUT2D eigenvalue weighted by Crippen LogP contribution is -2.43. The third kappa shape index (κ3) is 7.92. The SMILES string of the molecule is CN=C(NCCc1ccc(F)cc1F)NC(C)CCS(C)(=O)=O. The van der Waals surface area contributed by atoms with Crippen LogP contribution in [0.2, 0.25) is 0 Å². The molecule has 8 heteroatoms. The lowest BCUT2D eigenvalue weighted by molar-refractivity contribution is 0.569. The molecule has 0 aliphatic heterocycles. The number of nitrogens with one attached hydrogen (secondary N) is 2. The number of sulfone groups is 1. The zero-order valence-electron chi connectivity index (χ0n) is 13.6. The lowest BCUT2D eigenvalue weighted by Gasteiger charge is -2.17. The molecule has 0 aliphatic rings. The quantitative estimate of drug-likeness (QED) is 0.579. The van der Waals surface area contributed by atoms with E-state index in [0.29, 0.717) is 30.9 Å². The number of guanidine groups is 1. The van der Waals surface area contributed by atoms with Gasteiger partial charge in [0.25, 0.3) is 0 Å². The number of hydrogen-bond acceptors (Lipinski definition) is 3. The smallest absolute Gasteiger partial charge is 0.191 e. The standard InChI is InChI=1S/C15H23F2N3O2S/c1-11(7-9-23(3,21)22)20-15(18-2)19-8-6-12-4-5-13(16)10-14(12)17/h4-5,10-11H,6-9H2,1-3H3,(H2,18,19,20). The highest BCUT2D eigenvalue weighted by molar-refractivity contribution is 7.90. The second-order valence-electron chi connectivity index (χ2n) is 5.45. The summed E-state index contributed by atoms with van der Waals surface area (Å²) >= 11 is 0. The van der Waals surface area contributed by atoms with E-state index in [1.54, 1.807) is 7.05 Å². The topological polar surface area (TPSA) is 70.6 Å². The number of nitrogens with zero attached hydrogens (tertiary/aromatic N) is 1. The highest BCUT2D eigenvalue weighted by Crippen LogP contribution is 2.09. The molecule has 1 rings (SSSR count). The summed E-state index contributed by atoms with van der Waals surface area (Å²) in [6.07, 6.45) is 2.04. The molecule has 0 fully saturated rings. The van der Waals surface area contributed by atoms with E-state index in [2.05, 4.69) is 15.6 Å². The van der Waals surface area contributed by atoms with E-state index in [-0.39, 0.29) is 11.8 Å². The maximum atomic E-state index is 13.5. The summed E-state index contributed by atoms with van der Waals surface area (Å²) < 4.78 is 48.6. The molecule has 23 heavy (non-hydrogen) atoms. The minimum absolute atomic E-state index is 0.0708. The van der Waals surface area contributed by atoms with Crippen LogP contribution in [0.15, 0.2) is 23.2 Å². The first-order chi connectivity index (χ1) is 10.7. The summed E-state index contributed by atoms with van der Waals surface area (Å²) in [4.78, 5) is 4.03. The van der Waals surface area contributed by atoms with Crippen LogP contribution in [0.4, 0.5) is 8.78 Å². The first-order valence-corrected chi connectivity index (χ1v) is 9.36. The Kier molecular flexibility index (Phi) is 7.41. The van der Waals surface area contributed by atoms with E-state index >= 15 is 0 Å². The van der Waals surface area contributed by atoms with Gasteiger partial charge in [-0.1, -0.05) is 6.07 Å². The molecule has 0 saturated carbocycles. The molecule has 2 N–H and O–H groups in total. The number of rotatable bonds is 7. The van der Waals surface area contributed by atoms with Gasteiger partial charge in [0.15, 0.2) is 5.96 Å². The predicted molar refractivity (Wildman–Crippen MR) is 88.3 cm³/mol. The van der Waals surface area contributed by atoms with Crippen molar-refractivity contribution in [3.8, 4) is 0 Å². The fourth-order valence-corrected chi connectivity index (χ4v) is 2.71. The minimum Gasteiger partial charge on any atom is -0.356 e. The Morgan fingerprint density at radius 3 is 2.61 bits per heavy atom. The van der Waals surface area contributed by atoms with Gasteiger partial charge in [-0.05, 0) is 31.4 Å². The average molecular weight is 347 g/mol. The molecule has 1 unspecified atom stereocenters. The maximum absolute atomic E-state index is 13.5. The van der Waals surface area contributed by atoms with E-state index in [1.165, 1.54) is 18.4 Å². The fraction of sp³-hybridized carbons (Fsp3) is 0.533.